The van der Waals surface area contributed by atoms with Crippen molar-refractivity contribution in [1.29, 1.82) is 0 Å². The van der Waals surface area contributed by atoms with Crippen molar-refractivity contribution in [3.8, 4) is 11.4 Å². The highest BCUT2D eigenvalue weighted by Gasteiger charge is 2.14. The van der Waals surface area contributed by atoms with Crippen LogP contribution in [-0.2, 0) is 6.42 Å². The molecule has 8 heteroatoms. The van der Waals surface area contributed by atoms with E-state index < -0.39 is 6.43 Å². The van der Waals surface area contributed by atoms with Crippen molar-refractivity contribution in [1.82, 2.24) is 20.3 Å². The second kappa shape index (κ2) is 8.30. The molecular weight excluding hydrogens is 370 g/mol. The predicted octanol–water partition coefficient (Wildman–Crippen LogP) is 4.13. The first-order chi connectivity index (χ1) is 13.0. The van der Waals surface area contributed by atoms with E-state index in [0.29, 0.717) is 24.1 Å². The fraction of sp³-hybridized carbons (Fsp3) is 0.263. The number of hydrogen-bond donors (Lipinski definition) is 1. The maximum atomic E-state index is 12.9. The molecule has 0 saturated carbocycles. The molecule has 1 amide bonds. The Morgan fingerprint density at radius 1 is 1.22 bits per heavy atom. The zero-order valence-electron chi connectivity index (χ0n) is 14.9. The first kappa shape index (κ1) is 19.0. The number of nitrogens with zero attached hydrogens (tertiary/aromatic N) is 3. The van der Waals surface area contributed by atoms with Crippen LogP contribution in [0.2, 0.25) is 0 Å². The number of carbonyl (C=O) groups excluding carboxylic acids is 1. The first-order valence-electron chi connectivity index (χ1n) is 8.35. The van der Waals surface area contributed by atoms with Crippen molar-refractivity contribution < 1.29 is 13.6 Å². The first-order valence-corrected chi connectivity index (χ1v) is 9.23. The second-order valence-electron chi connectivity index (χ2n) is 6.00. The fourth-order valence-corrected chi connectivity index (χ4v) is 3.37. The van der Waals surface area contributed by atoms with E-state index in [0.717, 1.165) is 16.1 Å². The molecule has 0 aliphatic carbocycles. The molecule has 0 fully saturated rings. The van der Waals surface area contributed by atoms with E-state index in [1.165, 1.54) is 12.3 Å². The Morgan fingerprint density at radius 3 is 2.74 bits per heavy atom. The van der Waals surface area contributed by atoms with Gasteiger partial charge in [0.15, 0.2) is 5.82 Å². The monoisotopic (exact) mass is 388 g/mol. The van der Waals surface area contributed by atoms with Crippen LogP contribution in [0, 0.1) is 13.8 Å². The average Bonchev–Trinajstić information content (AvgIpc) is 3.07. The van der Waals surface area contributed by atoms with Gasteiger partial charge in [-0.15, -0.1) is 11.3 Å². The largest absolute Gasteiger partial charge is 0.352 e. The molecule has 0 bridgehead atoms. The molecule has 0 spiro atoms. The third kappa shape index (κ3) is 4.51. The second-order valence-corrected chi connectivity index (χ2v) is 6.94. The number of halogens is 2. The molecule has 0 aliphatic rings. The van der Waals surface area contributed by atoms with E-state index in [4.69, 9.17) is 0 Å². The Bertz CT molecular complexity index is 958. The van der Waals surface area contributed by atoms with Crippen LogP contribution >= 0.6 is 11.3 Å². The molecule has 1 N–H and O–H groups in total. The summed E-state index contributed by atoms with van der Waals surface area (Å²) < 4.78 is 25.7. The minimum Gasteiger partial charge on any atom is -0.352 e. The Hall–Kier alpha value is -2.74. The topological polar surface area (TPSA) is 67.8 Å². The van der Waals surface area contributed by atoms with Crippen molar-refractivity contribution >= 4 is 17.2 Å². The van der Waals surface area contributed by atoms with E-state index >= 15 is 0 Å². The lowest BCUT2D eigenvalue weighted by molar-refractivity contribution is 0.0953. The number of aromatic nitrogens is 3. The van der Waals surface area contributed by atoms with Crippen LogP contribution in [0.4, 0.5) is 8.78 Å². The van der Waals surface area contributed by atoms with Gasteiger partial charge in [-0.1, -0.05) is 12.1 Å². The Morgan fingerprint density at radius 2 is 2.04 bits per heavy atom. The van der Waals surface area contributed by atoms with Gasteiger partial charge in [-0.2, -0.15) is 0 Å². The quantitative estimate of drug-likeness (QED) is 0.690. The molecule has 2 heterocycles. The van der Waals surface area contributed by atoms with Gasteiger partial charge in [0, 0.05) is 35.2 Å². The maximum Gasteiger partial charge on any atom is 0.280 e. The van der Waals surface area contributed by atoms with Crippen LogP contribution in [0.5, 0.6) is 0 Å². The Balaban J connectivity index is 1.75. The van der Waals surface area contributed by atoms with Gasteiger partial charge in [-0.05, 0) is 31.5 Å². The molecule has 0 radical (unpaired) electrons. The summed E-state index contributed by atoms with van der Waals surface area (Å²) in [4.78, 5) is 25.8. The van der Waals surface area contributed by atoms with Crippen molar-refractivity contribution in [2.24, 2.45) is 0 Å². The summed E-state index contributed by atoms with van der Waals surface area (Å²) in [5, 5.41) is 2.89. The molecule has 27 heavy (non-hydrogen) atoms. The van der Waals surface area contributed by atoms with E-state index in [1.54, 1.807) is 35.0 Å². The predicted molar refractivity (Wildman–Crippen MR) is 100 cm³/mol. The van der Waals surface area contributed by atoms with Crippen molar-refractivity contribution in [3.05, 3.63) is 63.4 Å². The fourth-order valence-electron chi connectivity index (χ4n) is 2.59. The van der Waals surface area contributed by atoms with E-state index in [1.807, 2.05) is 13.8 Å². The number of hydrogen-bond acceptors (Lipinski definition) is 5. The SMILES string of the molecule is Cc1ccc(-c2nccc(C(F)F)n2)cc1C(=O)NCCc1scnc1C. The van der Waals surface area contributed by atoms with Crippen molar-refractivity contribution in [2.45, 2.75) is 26.7 Å². The van der Waals surface area contributed by atoms with Crippen molar-refractivity contribution in [3.63, 3.8) is 0 Å². The molecule has 0 aliphatic heterocycles. The molecule has 0 saturated heterocycles. The summed E-state index contributed by atoms with van der Waals surface area (Å²) in [6.45, 7) is 4.25. The molecule has 0 unspecified atom stereocenters. The number of amides is 1. The van der Waals surface area contributed by atoms with Crippen LogP contribution in [0.15, 0.2) is 36.0 Å². The minimum absolute atomic E-state index is 0.169. The normalized spacial score (nSPS) is 11.0. The van der Waals surface area contributed by atoms with Crippen LogP contribution in [0.3, 0.4) is 0 Å². The van der Waals surface area contributed by atoms with Gasteiger partial charge in [-0.25, -0.2) is 23.7 Å². The number of carbonyl (C=O) groups is 1. The summed E-state index contributed by atoms with van der Waals surface area (Å²) in [6, 6.07) is 6.29. The zero-order valence-corrected chi connectivity index (χ0v) is 15.7. The highest BCUT2D eigenvalue weighted by molar-refractivity contribution is 7.09. The number of nitrogens with one attached hydrogen (secondary N) is 1. The molecule has 5 nitrogen and oxygen atoms in total. The number of aryl methyl sites for hydroxylation is 2. The zero-order chi connectivity index (χ0) is 19.4. The smallest absolute Gasteiger partial charge is 0.280 e. The van der Waals surface area contributed by atoms with Crippen LogP contribution in [0.1, 0.15) is 38.6 Å². The van der Waals surface area contributed by atoms with Gasteiger partial charge in [0.25, 0.3) is 12.3 Å². The third-order valence-corrected chi connectivity index (χ3v) is 5.12. The van der Waals surface area contributed by atoms with Crippen molar-refractivity contribution in [2.75, 3.05) is 6.54 Å². The lowest BCUT2D eigenvalue weighted by Gasteiger charge is -2.10. The maximum absolute atomic E-state index is 12.9. The Kier molecular flexibility index (Phi) is 5.85. The summed E-state index contributed by atoms with van der Waals surface area (Å²) in [6.07, 6.45) is -0.670. The number of alkyl halides is 2. The van der Waals surface area contributed by atoms with Gasteiger partial charge < -0.3 is 5.32 Å². The summed E-state index contributed by atoms with van der Waals surface area (Å²) in [5.74, 6) is -0.0522. The molecular formula is C19H18F2N4OS. The summed E-state index contributed by atoms with van der Waals surface area (Å²) >= 11 is 1.56. The lowest BCUT2D eigenvalue weighted by atomic mass is 10.0. The average molecular weight is 388 g/mol. The molecule has 1 aromatic carbocycles. The molecule has 140 valence electrons. The van der Waals surface area contributed by atoms with Gasteiger partial charge in [0.2, 0.25) is 0 Å². The van der Waals surface area contributed by atoms with Gasteiger partial charge >= 0.3 is 0 Å². The molecule has 3 aromatic rings. The molecule has 3 rings (SSSR count). The summed E-state index contributed by atoms with van der Waals surface area (Å²) in [5.41, 5.74) is 4.20. The van der Waals surface area contributed by atoms with E-state index in [-0.39, 0.29) is 17.4 Å². The van der Waals surface area contributed by atoms with Gasteiger partial charge in [0.1, 0.15) is 5.69 Å². The molecule has 2 aromatic heterocycles. The molecule has 0 atom stereocenters. The van der Waals surface area contributed by atoms with Crippen LogP contribution in [-0.4, -0.2) is 27.4 Å². The van der Waals surface area contributed by atoms with Crippen LogP contribution in [0.25, 0.3) is 11.4 Å². The van der Waals surface area contributed by atoms with E-state index in [9.17, 15) is 13.6 Å². The minimum atomic E-state index is -2.67. The van der Waals surface area contributed by atoms with Gasteiger partial charge in [-0.3, -0.25) is 4.79 Å². The lowest BCUT2D eigenvalue weighted by Crippen LogP contribution is -2.26. The van der Waals surface area contributed by atoms with E-state index in [2.05, 4.69) is 20.3 Å². The standard InChI is InChI=1S/C19H18F2N4OS/c1-11-3-4-13(18-22-7-5-15(25-18)17(20)21)9-14(11)19(26)23-8-6-16-12(2)24-10-27-16/h3-5,7,9-10,17H,6,8H2,1-2H3,(H,23,26). The van der Waals surface area contributed by atoms with Gasteiger partial charge in [0.05, 0.1) is 11.2 Å². The highest BCUT2D eigenvalue weighted by atomic mass is 32.1. The number of thiazole rings is 1. The summed E-state index contributed by atoms with van der Waals surface area (Å²) in [7, 11) is 0. The number of benzene rings is 1. The third-order valence-electron chi connectivity index (χ3n) is 4.12. The number of rotatable bonds is 6. The van der Waals surface area contributed by atoms with Crippen LogP contribution < -0.4 is 5.32 Å². The Labute approximate surface area is 159 Å². The highest BCUT2D eigenvalue weighted by Crippen LogP contribution is 2.22.